The SMILES string of the molecule is Cc1cccc(CSc2nc(Cc3cccc4ccccc34)cc(=O)[nH]2)c1. The van der Waals surface area contributed by atoms with Crippen molar-refractivity contribution in [2.75, 3.05) is 0 Å². The van der Waals surface area contributed by atoms with Gasteiger partial charge in [-0.25, -0.2) is 4.98 Å². The molecule has 0 aliphatic rings. The van der Waals surface area contributed by atoms with Crippen molar-refractivity contribution in [2.45, 2.75) is 24.3 Å². The van der Waals surface area contributed by atoms with Crippen molar-refractivity contribution in [2.24, 2.45) is 0 Å². The third-order valence-corrected chi connectivity index (χ3v) is 5.43. The van der Waals surface area contributed by atoms with Gasteiger partial charge in [0.15, 0.2) is 5.16 Å². The first kappa shape index (κ1) is 17.6. The number of nitrogens with zero attached hydrogens (tertiary/aromatic N) is 1. The number of rotatable bonds is 5. The molecular weight excluding hydrogens is 352 g/mol. The molecule has 4 rings (SSSR count). The average molecular weight is 372 g/mol. The zero-order valence-corrected chi connectivity index (χ0v) is 15.9. The number of fused-ring (bicyclic) bond motifs is 1. The highest BCUT2D eigenvalue weighted by Gasteiger charge is 2.07. The van der Waals surface area contributed by atoms with E-state index in [4.69, 9.17) is 0 Å². The lowest BCUT2D eigenvalue weighted by atomic mass is 10.0. The zero-order valence-electron chi connectivity index (χ0n) is 15.1. The monoisotopic (exact) mass is 372 g/mol. The second-order valence-electron chi connectivity index (χ2n) is 6.63. The van der Waals surface area contributed by atoms with Crippen LogP contribution >= 0.6 is 11.8 Å². The van der Waals surface area contributed by atoms with E-state index in [1.54, 1.807) is 17.8 Å². The van der Waals surface area contributed by atoms with Gasteiger partial charge in [0, 0.05) is 18.2 Å². The lowest BCUT2D eigenvalue weighted by Gasteiger charge is -2.08. The van der Waals surface area contributed by atoms with Crippen LogP contribution in [0.1, 0.15) is 22.4 Å². The van der Waals surface area contributed by atoms with E-state index in [-0.39, 0.29) is 5.56 Å². The molecule has 1 N–H and O–H groups in total. The van der Waals surface area contributed by atoms with Gasteiger partial charge in [-0.2, -0.15) is 0 Å². The summed E-state index contributed by atoms with van der Waals surface area (Å²) >= 11 is 1.56. The van der Waals surface area contributed by atoms with Gasteiger partial charge >= 0.3 is 0 Å². The second-order valence-corrected chi connectivity index (χ2v) is 7.60. The summed E-state index contributed by atoms with van der Waals surface area (Å²) in [6.45, 7) is 2.08. The van der Waals surface area contributed by atoms with E-state index < -0.39 is 0 Å². The van der Waals surface area contributed by atoms with Gasteiger partial charge in [0.1, 0.15) is 0 Å². The van der Waals surface area contributed by atoms with Gasteiger partial charge in [0.05, 0.1) is 5.69 Å². The van der Waals surface area contributed by atoms with Crippen molar-refractivity contribution >= 4 is 22.5 Å². The lowest BCUT2D eigenvalue weighted by Crippen LogP contribution is -2.10. The molecule has 3 aromatic carbocycles. The van der Waals surface area contributed by atoms with Crippen LogP contribution in [0.3, 0.4) is 0 Å². The van der Waals surface area contributed by atoms with E-state index >= 15 is 0 Å². The van der Waals surface area contributed by atoms with E-state index in [1.807, 2.05) is 12.1 Å². The van der Waals surface area contributed by atoms with E-state index in [1.165, 1.54) is 27.5 Å². The Bertz CT molecular complexity index is 1140. The van der Waals surface area contributed by atoms with Crippen LogP contribution in [0, 0.1) is 6.92 Å². The Labute approximate surface area is 162 Å². The summed E-state index contributed by atoms with van der Waals surface area (Å²) < 4.78 is 0. The highest BCUT2D eigenvalue weighted by molar-refractivity contribution is 7.98. The van der Waals surface area contributed by atoms with E-state index in [2.05, 4.69) is 71.5 Å². The minimum Gasteiger partial charge on any atom is -0.301 e. The molecule has 0 amide bonds. The molecule has 0 aliphatic heterocycles. The maximum absolute atomic E-state index is 12.1. The zero-order chi connectivity index (χ0) is 18.6. The topological polar surface area (TPSA) is 45.8 Å². The van der Waals surface area contributed by atoms with E-state index in [0.717, 1.165) is 11.4 Å². The maximum Gasteiger partial charge on any atom is 0.251 e. The Balaban J connectivity index is 1.58. The molecule has 27 heavy (non-hydrogen) atoms. The van der Waals surface area contributed by atoms with Gasteiger partial charge < -0.3 is 4.98 Å². The van der Waals surface area contributed by atoms with Crippen LogP contribution in [0.25, 0.3) is 10.8 Å². The fourth-order valence-corrected chi connectivity index (χ4v) is 4.08. The lowest BCUT2D eigenvalue weighted by molar-refractivity contribution is 0.881. The molecule has 4 heteroatoms. The van der Waals surface area contributed by atoms with Crippen LogP contribution in [-0.2, 0) is 12.2 Å². The number of H-pyrrole nitrogens is 1. The molecule has 0 aliphatic carbocycles. The number of benzene rings is 3. The summed E-state index contributed by atoms with van der Waals surface area (Å²) in [5.74, 6) is 0.780. The van der Waals surface area contributed by atoms with Crippen LogP contribution < -0.4 is 5.56 Å². The average Bonchev–Trinajstić information content (AvgIpc) is 2.66. The largest absolute Gasteiger partial charge is 0.301 e. The number of hydrogen-bond acceptors (Lipinski definition) is 3. The molecule has 0 spiro atoms. The normalized spacial score (nSPS) is 11.0. The molecule has 4 aromatic rings. The summed E-state index contributed by atoms with van der Waals surface area (Å²) in [6.07, 6.45) is 0.642. The Hall–Kier alpha value is -2.85. The third-order valence-electron chi connectivity index (χ3n) is 4.48. The molecule has 0 fully saturated rings. The predicted molar refractivity (Wildman–Crippen MR) is 112 cm³/mol. The number of nitrogens with one attached hydrogen (secondary N) is 1. The molecule has 3 nitrogen and oxygen atoms in total. The second kappa shape index (κ2) is 7.80. The molecule has 0 saturated carbocycles. The number of aromatic nitrogens is 2. The Morgan fingerprint density at radius 3 is 2.67 bits per heavy atom. The molecule has 0 radical (unpaired) electrons. The highest BCUT2D eigenvalue weighted by Crippen LogP contribution is 2.22. The van der Waals surface area contributed by atoms with Crippen LogP contribution in [0.5, 0.6) is 0 Å². The standard InChI is InChI=1S/C23H20N2OS/c1-16-6-4-7-17(12-16)15-27-23-24-20(14-22(26)25-23)13-19-10-5-9-18-8-2-3-11-21(18)19/h2-12,14H,13,15H2,1H3,(H,24,25,26). The predicted octanol–water partition coefficient (Wildman–Crippen LogP) is 5.11. The summed E-state index contributed by atoms with van der Waals surface area (Å²) in [7, 11) is 0. The van der Waals surface area contributed by atoms with Crippen molar-refractivity contribution in [1.82, 2.24) is 9.97 Å². The summed E-state index contributed by atoms with van der Waals surface area (Å²) in [4.78, 5) is 19.7. The minimum absolute atomic E-state index is 0.105. The molecular formula is C23H20N2OS. The van der Waals surface area contributed by atoms with Crippen molar-refractivity contribution in [1.29, 1.82) is 0 Å². The molecule has 1 aromatic heterocycles. The number of hydrogen-bond donors (Lipinski definition) is 1. The van der Waals surface area contributed by atoms with Gasteiger partial charge in [-0.3, -0.25) is 4.79 Å². The number of thioether (sulfide) groups is 1. The molecule has 0 atom stereocenters. The van der Waals surface area contributed by atoms with Crippen LogP contribution in [-0.4, -0.2) is 9.97 Å². The fourth-order valence-electron chi connectivity index (χ4n) is 3.24. The molecule has 0 unspecified atom stereocenters. The Morgan fingerprint density at radius 2 is 1.78 bits per heavy atom. The van der Waals surface area contributed by atoms with E-state index in [9.17, 15) is 4.79 Å². The summed E-state index contributed by atoms with van der Waals surface area (Å²) in [5, 5.41) is 3.07. The Kier molecular flexibility index (Phi) is 5.07. The van der Waals surface area contributed by atoms with Crippen molar-refractivity contribution in [3.63, 3.8) is 0 Å². The van der Waals surface area contributed by atoms with Gasteiger partial charge in [0.2, 0.25) is 0 Å². The van der Waals surface area contributed by atoms with Crippen LogP contribution in [0.15, 0.2) is 82.7 Å². The minimum atomic E-state index is -0.105. The van der Waals surface area contributed by atoms with Gasteiger partial charge in [-0.15, -0.1) is 0 Å². The quantitative estimate of drug-likeness (QED) is 0.391. The van der Waals surface area contributed by atoms with Crippen molar-refractivity contribution in [3.8, 4) is 0 Å². The van der Waals surface area contributed by atoms with Gasteiger partial charge in [-0.1, -0.05) is 84.1 Å². The highest BCUT2D eigenvalue weighted by atomic mass is 32.2. The van der Waals surface area contributed by atoms with Crippen LogP contribution in [0.4, 0.5) is 0 Å². The first-order valence-electron chi connectivity index (χ1n) is 8.92. The molecule has 1 heterocycles. The Morgan fingerprint density at radius 1 is 0.963 bits per heavy atom. The van der Waals surface area contributed by atoms with Gasteiger partial charge in [0.25, 0.3) is 5.56 Å². The summed E-state index contributed by atoms with van der Waals surface area (Å²) in [5.41, 5.74) is 4.33. The van der Waals surface area contributed by atoms with Crippen molar-refractivity contribution < 1.29 is 0 Å². The third kappa shape index (κ3) is 4.29. The first-order valence-corrected chi connectivity index (χ1v) is 9.91. The van der Waals surface area contributed by atoms with Crippen molar-refractivity contribution in [3.05, 3.63) is 106 Å². The number of aromatic amines is 1. The smallest absolute Gasteiger partial charge is 0.251 e. The molecule has 0 saturated heterocycles. The fraction of sp³-hybridized carbons (Fsp3) is 0.130. The molecule has 0 bridgehead atoms. The van der Waals surface area contributed by atoms with Gasteiger partial charge in [-0.05, 0) is 28.8 Å². The van der Waals surface area contributed by atoms with E-state index in [0.29, 0.717) is 11.6 Å². The summed E-state index contributed by atoms with van der Waals surface area (Å²) in [6, 6.07) is 24.5. The molecule has 134 valence electrons. The van der Waals surface area contributed by atoms with Crippen LogP contribution in [0.2, 0.25) is 0 Å². The number of aryl methyl sites for hydroxylation is 1. The maximum atomic E-state index is 12.1. The first-order chi connectivity index (χ1) is 13.2.